The van der Waals surface area contributed by atoms with Gasteiger partial charge < -0.3 is 15.0 Å². The lowest BCUT2D eigenvalue weighted by atomic mass is 9.52. The first-order valence-electron chi connectivity index (χ1n) is 12.7. The number of alkyl halides is 6. The van der Waals surface area contributed by atoms with Crippen molar-refractivity contribution in [2.24, 2.45) is 17.8 Å². The number of nitrogens with one attached hydrogen (secondary N) is 1. The van der Waals surface area contributed by atoms with Crippen molar-refractivity contribution < 1.29 is 35.5 Å². The van der Waals surface area contributed by atoms with Gasteiger partial charge in [0.05, 0.1) is 26.9 Å². The van der Waals surface area contributed by atoms with Crippen LogP contribution in [0.3, 0.4) is 0 Å². The van der Waals surface area contributed by atoms with Crippen LogP contribution in [0.25, 0.3) is 11.3 Å². The van der Waals surface area contributed by atoms with Crippen molar-refractivity contribution in [3.8, 4) is 11.3 Å². The van der Waals surface area contributed by atoms with Crippen LogP contribution >= 0.6 is 0 Å². The molecular formula is C25H25B2F7N4O. The number of benzene rings is 1. The van der Waals surface area contributed by atoms with Crippen molar-refractivity contribution in [3.63, 3.8) is 0 Å². The normalized spacial score (nSPS) is 25.2. The number of fused-ring (bicyclic) bond motifs is 1. The molecule has 0 amide bonds. The molecule has 0 spiro atoms. The van der Waals surface area contributed by atoms with Crippen LogP contribution in [0.2, 0.25) is 0 Å². The fraction of sp³-hybridized carbons (Fsp3) is 0.600. The van der Waals surface area contributed by atoms with E-state index in [1.165, 1.54) is 0 Å². The molecule has 1 aliphatic carbocycles. The standard InChI is InChI=1S/C25H25B2F7N4O/c26-23(27,15-3-5-39-6-4-15)38-11-13-7-17(8-14(13)12-38)35-22-20(25(32,33)34)10-21(36-37-22)18-9-16(28)1-2-19(18)24(29,30)31/h1-2,9-10,13-15,17H,3-8,11-12H2,(H,35,37)/t13-,14+,17?. The van der Waals surface area contributed by atoms with Gasteiger partial charge in [-0.15, -0.1) is 10.2 Å². The number of rotatable bonds is 5. The molecule has 2 aromatic rings. The number of aromatic nitrogens is 2. The van der Waals surface area contributed by atoms with Gasteiger partial charge in [0.2, 0.25) is 0 Å². The number of halogens is 7. The van der Waals surface area contributed by atoms with Crippen molar-refractivity contribution >= 4 is 21.5 Å². The summed E-state index contributed by atoms with van der Waals surface area (Å²) in [7, 11) is 13.1. The molecule has 1 saturated carbocycles. The Morgan fingerprint density at radius 2 is 1.49 bits per heavy atom. The van der Waals surface area contributed by atoms with E-state index in [0.717, 1.165) is 12.8 Å². The molecule has 14 heteroatoms. The van der Waals surface area contributed by atoms with Gasteiger partial charge in [-0.2, -0.15) is 26.3 Å². The molecule has 206 valence electrons. The minimum atomic E-state index is -4.94. The second-order valence-corrected chi connectivity index (χ2v) is 10.7. The van der Waals surface area contributed by atoms with Crippen LogP contribution in [-0.4, -0.2) is 68.5 Å². The highest BCUT2D eigenvalue weighted by Crippen LogP contribution is 2.44. The predicted molar refractivity (Wildman–Crippen MR) is 130 cm³/mol. The van der Waals surface area contributed by atoms with E-state index in [1.54, 1.807) is 0 Å². The largest absolute Gasteiger partial charge is 0.420 e. The molecule has 2 aliphatic heterocycles. The zero-order chi connectivity index (χ0) is 28.2. The van der Waals surface area contributed by atoms with Gasteiger partial charge in [0.25, 0.3) is 0 Å². The van der Waals surface area contributed by atoms with Crippen molar-refractivity contribution in [1.29, 1.82) is 0 Å². The highest BCUT2D eigenvalue weighted by atomic mass is 19.4. The maximum Gasteiger partial charge on any atom is 0.420 e. The van der Waals surface area contributed by atoms with Crippen molar-refractivity contribution in [2.75, 3.05) is 31.6 Å². The Morgan fingerprint density at radius 3 is 2.08 bits per heavy atom. The van der Waals surface area contributed by atoms with Crippen LogP contribution < -0.4 is 5.32 Å². The predicted octanol–water partition coefficient (Wildman–Crippen LogP) is 4.86. The molecule has 4 radical (unpaired) electrons. The number of ether oxygens (including phenoxy) is 1. The maximum atomic E-state index is 14.0. The third-order valence-electron chi connectivity index (χ3n) is 8.18. The number of anilines is 1. The fourth-order valence-electron chi connectivity index (χ4n) is 6.17. The average Bonchev–Trinajstić information content (AvgIpc) is 3.43. The van der Waals surface area contributed by atoms with Crippen molar-refractivity contribution in [1.82, 2.24) is 15.1 Å². The minimum absolute atomic E-state index is 0.0816. The second-order valence-electron chi connectivity index (χ2n) is 10.7. The first kappa shape index (κ1) is 28.2. The zero-order valence-electron chi connectivity index (χ0n) is 20.8. The van der Waals surface area contributed by atoms with Crippen LogP contribution in [0.5, 0.6) is 0 Å². The highest BCUT2D eigenvalue weighted by molar-refractivity contribution is 6.40. The summed E-state index contributed by atoms with van der Waals surface area (Å²) in [4.78, 5) is 2.06. The molecule has 1 aromatic heterocycles. The van der Waals surface area contributed by atoms with Crippen LogP contribution in [0.15, 0.2) is 24.3 Å². The van der Waals surface area contributed by atoms with E-state index in [0.29, 0.717) is 63.4 Å². The van der Waals surface area contributed by atoms with E-state index in [9.17, 15) is 30.7 Å². The van der Waals surface area contributed by atoms with Gasteiger partial charge in [0, 0.05) is 37.9 Å². The SMILES string of the molecule is [B]C([B])(C1CCOCC1)N1C[C@H]2CC(Nc3nnc(-c4cc(F)ccc4C(F)(F)F)cc3C(F)(F)F)C[C@H]2C1. The first-order chi connectivity index (χ1) is 18.2. The molecule has 2 saturated heterocycles. The molecule has 3 atom stereocenters. The van der Waals surface area contributed by atoms with E-state index >= 15 is 0 Å². The van der Waals surface area contributed by atoms with Gasteiger partial charge in [0.1, 0.15) is 11.4 Å². The van der Waals surface area contributed by atoms with E-state index < -0.39 is 51.7 Å². The third-order valence-corrected chi connectivity index (χ3v) is 8.18. The van der Waals surface area contributed by atoms with E-state index in [2.05, 4.69) is 20.4 Å². The van der Waals surface area contributed by atoms with Crippen molar-refractivity contribution in [2.45, 2.75) is 49.4 Å². The minimum Gasteiger partial charge on any atom is -0.381 e. The fourth-order valence-corrected chi connectivity index (χ4v) is 6.17. The molecule has 1 unspecified atom stereocenters. The molecule has 3 fully saturated rings. The summed E-state index contributed by atoms with van der Waals surface area (Å²) in [6, 6.07) is 1.67. The molecular weight excluding hydrogens is 527 g/mol. The Morgan fingerprint density at radius 1 is 0.872 bits per heavy atom. The number of hydrogen-bond donors (Lipinski definition) is 1. The van der Waals surface area contributed by atoms with E-state index in [1.807, 2.05) is 0 Å². The Hall–Kier alpha value is -2.34. The Bertz CT molecular complexity index is 1190. The van der Waals surface area contributed by atoms with Gasteiger partial charge in [0.15, 0.2) is 5.82 Å². The lowest BCUT2D eigenvalue weighted by molar-refractivity contribution is -0.137. The Kier molecular flexibility index (Phi) is 7.41. The second kappa shape index (κ2) is 10.2. The van der Waals surface area contributed by atoms with Crippen molar-refractivity contribution in [3.05, 3.63) is 41.2 Å². The van der Waals surface area contributed by atoms with Gasteiger partial charge in [-0.1, -0.05) is 5.34 Å². The summed E-state index contributed by atoms with van der Waals surface area (Å²) in [6.45, 7) is 2.44. The lowest BCUT2D eigenvalue weighted by Gasteiger charge is -2.45. The van der Waals surface area contributed by atoms with Crippen LogP contribution in [0.1, 0.15) is 36.8 Å². The van der Waals surface area contributed by atoms with Crippen LogP contribution in [0, 0.1) is 23.6 Å². The summed E-state index contributed by atoms with van der Waals surface area (Å²) in [6.07, 6.45) is -7.24. The van der Waals surface area contributed by atoms with Crippen LogP contribution in [-0.2, 0) is 17.1 Å². The smallest absolute Gasteiger partial charge is 0.381 e. The Balaban J connectivity index is 1.32. The molecule has 1 N–H and O–H groups in total. The quantitative estimate of drug-likeness (QED) is 0.425. The number of nitrogens with zero attached hydrogens (tertiary/aromatic N) is 3. The number of hydrogen-bond acceptors (Lipinski definition) is 5. The molecule has 0 bridgehead atoms. The monoisotopic (exact) mass is 552 g/mol. The molecule has 3 heterocycles. The van der Waals surface area contributed by atoms with E-state index in [-0.39, 0.29) is 23.8 Å². The first-order valence-corrected chi connectivity index (χ1v) is 12.7. The summed E-state index contributed by atoms with van der Waals surface area (Å²) in [5.74, 6) is -1.21. The van der Waals surface area contributed by atoms with Crippen LogP contribution in [0.4, 0.5) is 36.6 Å². The summed E-state index contributed by atoms with van der Waals surface area (Å²) < 4.78 is 101. The summed E-state index contributed by atoms with van der Waals surface area (Å²) >= 11 is 0. The maximum absolute atomic E-state index is 14.0. The topological polar surface area (TPSA) is 50.3 Å². The lowest BCUT2D eigenvalue weighted by Crippen LogP contribution is -2.56. The molecule has 5 rings (SSSR count). The van der Waals surface area contributed by atoms with Gasteiger partial charge in [-0.25, -0.2) is 4.39 Å². The zero-order valence-corrected chi connectivity index (χ0v) is 20.8. The molecule has 1 aromatic carbocycles. The van der Waals surface area contributed by atoms with Gasteiger partial charge in [-0.05, 0) is 67.7 Å². The third kappa shape index (κ3) is 5.77. The highest BCUT2D eigenvalue weighted by Gasteiger charge is 2.47. The molecule has 5 nitrogen and oxygen atoms in total. The number of likely N-dealkylation sites (tertiary alicyclic amines) is 1. The molecule has 39 heavy (non-hydrogen) atoms. The van der Waals surface area contributed by atoms with Gasteiger partial charge >= 0.3 is 12.4 Å². The average molecular weight is 552 g/mol. The molecule has 3 aliphatic rings. The summed E-state index contributed by atoms with van der Waals surface area (Å²) in [5.41, 5.74) is -4.13. The van der Waals surface area contributed by atoms with Gasteiger partial charge in [-0.3, -0.25) is 0 Å². The van der Waals surface area contributed by atoms with E-state index in [4.69, 9.17) is 20.4 Å². The Labute approximate surface area is 223 Å². The summed E-state index contributed by atoms with van der Waals surface area (Å²) in [5, 5.41) is 9.05.